The number of hydrogen-bond acceptors (Lipinski definition) is 5. The van der Waals surface area contributed by atoms with E-state index < -0.39 is 28.5 Å². The highest BCUT2D eigenvalue weighted by Gasteiger charge is 2.34. The number of carbonyl (C=O) groups is 2. The molecule has 4 rings (SSSR count). The van der Waals surface area contributed by atoms with Gasteiger partial charge in [-0.2, -0.15) is 0 Å². The minimum Gasteiger partial charge on any atom is -0.497 e. The molecular weight excluding hydrogens is 550 g/mol. The highest BCUT2D eigenvalue weighted by atomic mass is 32.2. The van der Waals surface area contributed by atoms with Gasteiger partial charge >= 0.3 is 0 Å². The summed E-state index contributed by atoms with van der Waals surface area (Å²) in [7, 11) is -2.52. The molecule has 3 aromatic carbocycles. The van der Waals surface area contributed by atoms with Crippen molar-refractivity contribution in [2.75, 3.05) is 18.0 Å². The van der Waals surface area contributed by atoms with Crippen LogP contribution in [0, 0.1) is 6.92 Å². The Balaban J connectivity index is 1.71. The third kappa shape index (κ3) is 7.70. The number of hydrogen-bond donors (Lipinski definition) is 1. The molecule has 2 amide bonds. The Labute approximate surface area is 249 Å². The average Bonchev–Trinajstić information content (AvgIpc) is 3.00. The fraction of sp³-hybridized carbons (Fsp3) is 0.394. The number of nitrogens with one attached hydrogen (secondary N) is 1. The topological polar surface area (TPSA) is 96.0 Å². The molecule has 0 aliphatic heterocycles. The van der Waals surface area contributed by atoms with Crippen LogP contribution in [0.5, 0.6) is 5.75 Å². The standard InChI is InChI=1S/C33H41N3O5S/c1-4-31(33(38)34-27-15-7-5-8-16-27)35(23-26-14-12-18-29(22-26)41-3)32(37)24-36(28-17-11-13-25(2)21-28)42(39,40)30-19-9-6-10-20-30/h6,9-14,17-22,27,31H,4-5,7-8,15-16,23-24H2,1-3H3,(H,34,38). The van der Waals surface area contributed by atoms with Crippen molar-refractivity contribution in [3.63, 3.8) is 0 Å². The molecule has 1 aliphatic carbocycles. The van der Waals surface area contributed by atoms with Crippen molar-refractivity contribution in [1.29, 1.82) is 0 Å². The second-order valence-corrected chi connectivity index (χ2v) is 12.7. The molecule has 0 saturated heterocycles. The van der Waals surface area contributed by atoms with Crippen LogP contribution in [0.25, 0.3) is 0 Å². The second kappa shape index (κ2) is 14.4. The molecule has 9 heteroatoms. The average molecular weight is 592 g/mol. The lowest BCUT2D eigenvalue weighted by molar-refractivity contribution is -0.140. The molecule has 42 heavy (non-hydrogen) atoms. The maximum absolute atomic E-state index is 14.3. The highest BCUT2D eigenvalue weighted by molar-refractivity contribution is 7.92. The first kappa shape index (κ1) is 31.1. The van der Waals surface area contributed by atoms with Gasteiger partial charge in [-0.3, -0.25) is 13.9 Å². The van der Waals surface area contributed by atoms with Gasteiger partial charge in [0.05, 0.1) is 17.7 Å². The van der Waals surface area contributed by atoms with Crippen LogP contribution in [-0.2, 0) is 26.2 Å². The summed E-state index contributed by atoms with van der Waals surface area (Å²) < 4.78 is 34.4. The SMILES string of the molecule is CCC(C(=O)NC1CCCCC1)N(Cc1cccc(OC)c1)C(=O)CN(c1cccc(C)c1)S(=O)(=O)c1ccccc1. The van der Waals surface area contributed by atoms with Crippen LogP contribution in [0.2, 0.25) is 0 Å². The lowest BCUT2D eigenvalue weighted by Gasteiger charge is -2.34. The minimum atomic E-state index is -4.09. The maximum atomic E-state index is 14.3. The lowest BCUT2D eigenvalue weighted by Crippen LogP contribution is -2.54. The number of aryl methyl sites for hydroxylation is 1. The summed E-state index contributed by atoms with van der Waals surface area (Å²) in [6.07, 6.45) is 5.51. The number of nitrogens with zero attached hydrogens (tertiary/aromatic N) is 2. The summed E-state index contributed by atoms with van der Waals surface area (Å²) in [4.78, 5) is 29.5. The zero-order chi connectivity index (χ0) is 30.1. The molecule has 1 unspecified atom stereocenters. The minimum absolute atomic E-state index is 0.0799. The van der Waals surface area contributed by atoms with Crippen LogP contribution in [-0.4, -0.2) is 50.9 Å². The first-order valence-electron chi connectivity index (χ1n) is 14.6. The number of sulfonamides is 1. The number of benzene rings is 3. The second-order valence-electron chi connectivity index (χ2n) is 10.8. The summed E-state index contributed by atoms with van der Waals surface area (Å²) in [5.74, 6) is -0.0502. The van der Waals surface area contributed by atoms with E-state index in [-0.39, 0.29) is 23.4 Å². The Kier molecular flexibility index (Phi) is 10.6. The van der Waals surface area contributed by atoms with E-state index in [0.717, 1.165) is 47.5 Å². The Bertz CT molecular complexity index is 1460. The maximum Gasteiger partial charge on any atom is 0.264 e. The van der Waals surface area contributed by atoms with Crippen LogP contribution in [0.3, 0.4) is 0 Å². The molecular formula is C33H41N3O5S. The fourth-order valence-electron chi connectivity index (χ4n) is 5.46. The van der Waals surface area contributed by atoms with Crippen LogP contribution in [0.1, 0.15) is 56.6 Å². The zero-order valence-electron chi connectivity index (χ0n) is 24.7. The van der Waals surface area contributed by atoms with E-state index in [9.17, 15) is 18.0 Å². The molecule has 1 fully saturated rings. The largest absolute Gasteiger partial charge is 0.497 e. The van der Waals surface area contributed by atoms with E-state index in [0.29, 0.717) is 17.9 Å². The van der Waals surface area contributed by atoms with Gasteiger partial charge in [0.2, 0.25) is 11.8 Å². The van der Waals surface area contributed by atoms with E-state index in [1.165, 1.54) is 17.0 Å². The van der Waals surface area contributed by atoms with E-state index >= 15 is 0 Å². The van der Waals surface area contributed by atoms with Crippen LogP contribution in [0.4, 0.5) is 5.69 Å². The first-order chi connectivity index (χ1) is 20.2. The monoisotopic (exact) mass is 591 g/mol. The van der Waals surface area contributed by atoms with E-state index in [1.807, 2.05) is 44.2 Å². The molecule has 224 valence electrons. The molecule has 1 N–H and O–H groups in total. The first-order valence-corrected chi connectivity index (χ1v) is 16.0. The van der Waals surface area contributed by atoms with Crippen LogP contribution >= 0.6 is 0 Å². The highest BCUT2D eigenvalue weighted by Crippen LogP contribution is 2.26. The molecule has 1 saturated carbocycles. The van der Waals surface area contributed by atoms with Gasteiger partial charge < -0.3 is 15.0 Å². The van der Waals surface area contributed by atoms with Crippen molar-refractivity contribution >= 4 is 27.5 Å². The number of amides is 2. The van der Waals surface area contributed by atoms with Crippen LogP contribution < -0.4 is 14.4 Å². The number of ether oxygens (including phenoxy) is 1. The Morgan fingerprint density at radius 3 is 2.33 bits per heavy atom. The molecule has 0 heterocycles. The third-order valence-electron chi connectivity index (χ3n) is 7.72. The Morgan fingerprint density at radius 2 is 1.67 bits per heavy atom. The van der Waals surface area contributed by atoms with Crippen molar-refractivity contribution in [2.24, 2.45) is 0 Å². The van der Waals surface area contributed by atoms with Crippen LogP contribution in [0.15, 0.2) is 83.8 Å². The third-order valence-corrected chi connectivity index (χ3v) is 9.51. The smallest absolute Gasteiger partial charge is 0.264 e. The summed E-state index contributed by atoms with van der Waals surface area (Å²) in [5, 5.41) is 3.17. The molecule has 0 radical (unpaired) electrons. The molecule has 1 atom stereocenters. The van der Waals surface area contributed by atoms with Crippen molar-refractivity contribution < 1.29 is 22.7 Å². The fourth-order valence-corrected chi connectivity index (χ4v) is 6.89. The van der Waals surface area contributed by atoms with Gasteiger partial charge in [-0.1, -0.05) is 68.7 Å². The number of carbonyl (C=O) groups excluding carboxylic acids is 2. The van der Waals surface area contributed by atoms with Gasteiger partial charge in [-0.25, -0.2) is 8.42 Å². The zero-order valence-corrected chi connectivity index (χ0v) is 25.5. The normalized spacial score (nSPS) is 14.5. The molecule has 3 aromatic rings. The molecule has 0 bridgehead atoms. The van der Waals surface area contributed by atoms with E-state index in [4.69, 9.17) is 4.74 Å². The van der Waals surface area contributed by atoms with Gasteiger partial charge in [0.25, 0.3) is 10.0 Å². The number of rotatable bonds is 12. The van der Waals surface area contributed by atoms with Gasteiger partial charge in [-0.05, 0) is 73.7 Å². The van der Waals surface area contributed by atoms with Gasteiger partial charge in [-0.15, -0.1) is 0 Å². The Morgan fingerprint density at radius 1 is 0.952 bits per heavy atom. The van der Waals surface area contributed by atoms with Crippen molar-refractivity contribution in [2.45, 2.75) is 75.9 Å². The van der Waals surface area contributed by atoms with Crippen molar-refractivity contribution in [3.05, 3.63) is 90.0 Å². The summed E-state index contributed by atoms with van der Waals surface area (Å²) in [6.45, 7) is 3.41. The van der Waals surface area contributed by atoms with E-state index in [1.54, 1.807) is 43.5 Å². The number of anilines is 1. The molecule has 0 aromatic heterocycles. The predicted octanol–water partition coefficient (Wildman–Crippen LogP) is 5.46. The Hall–Kier alpha value is -3.85. The summed E-state index contributed by atoms with van der Waals surface area (Å²) in [5.41, 5.74) is 2.02. The molecule has 1 aliphatic rings. The van der Waals surface area contributed by atoms with Gasteiger partial charge in [0.15, 0.2) is 0 Å². The van der Waals surface area contributed by atoms with Gasteiger partial charge in [0.1, 0.15) is 18.3 Å². The van der Waals surface area contributed by atoms with E-state index in [2.05, 4.69) is 5.32 Å². The molecule has 8 nitrogen and oxygen atoms in total. The molecule has 0 spiro atoms. The lowest BCUT2D eigenvalue weighted by atomic mass is 9.95. The summed E-state index contributed by atoms with van der Waals surface area (Å²) >= 11 is 0. The summed E-state index contributed by atoms with van der Waals surface area (Å²) in [6, 6.07) is 21.8. The van der Waals surface area contributed by atoms with Crippen molar-refractivity contribution in [1.82, 2.24) is 10.2 Å². The predicted molar refractivity (Wildman–Crippen MR) is 165 cm³/mol. The van der Waals surface area contributed by atoms with Crippen molar-refractivity contribution in [3.8, 4) is 5.75 Å². The van der Waals surface area contributed by atoms with Gasteiger partial charge in [0, 0.05) is 12.6 Å². The number of methoxy groups -OCH3 is 1. The quantitative estimate of drug-likeness (QED) is 0.302.